The van der Waals surface area contributed by atoms with Gasteiger partial charge in [0.25, 0.3) is 0 Å². The minimum Gasteiger partial charge on any atom is -0.481 e. The van der Waals surface area contributed by atoms with Crippen LogP contribution in [0.5, 0.6) is 0 Å². The van der Waals surface area contributed by atoms with Crippen LogP contribution in [0.15, 0.2) is 23.4 Å². The number of carboxylic acids is 1. The Hall–Kier alpha value is -2.18. The Morgan fingerprint density at radius 3 is 2.56 bits per heavy atom. The molecule has 1 aromatic heterocycles. The first-order chi connectivity index (χ1) is 11.6. The maximum Gasteiger partial charge on any atom is 0.737 e. The first-order valence-corrected chi connectivity index (χ1v) is 8.53. The van der Waals surface area contributed by atoms with Crippen molar-refractivity contribution in [1.82, 2.24) is 4.48 Å². The number of fused-ring (bicyclic) bond motifs is 2. The molecule has 2 aliphatic heterocycles. The lowest BCUT2D eigenvalue weighted by Crippen LogP contribution is -2.51. The van der Waals surface area contributed by atoms with Crippen LogP contribution in [0, 0.1) is 19.8 Å². The van der Waals surface area contributed by atoms with Gasteiger partial charge in [-0.05, 0) is 50.4 Å². The van der Waals surface area contributed by atoms with Gasteiger partial charge < -0.3 is 22.7 Å². The zero-order valence-corrected chi connectivity index (χ0v) is 15.2. The van der Waals surface area contributed by atoms with Gasteiger partial charge in [0.15, 0.2) is 5.70 Å². The Morgan fingerprint density at radius 1 is 1.32 bits per heavy atom. The van der Waals surface area contributed by atoms with Crippen molar-refractivity contribution in [3.63, 3.8) is 0 Å². The van der Waals surface area contributed by atoms with E-state index in [1.54, 1.807) is 26.0 Å². The molecule has 0 unspecified atom stereocenters. The Kier molecular flexibility index (Phi) is 4.01. The molecule has 25 heavy (non-hydrogen) atoms. The van der Waals surface area contributed by atoms with Gasteiger partial charge in [0.05, 0.1) is 0 Å². The van der Waals surface area contributed by atoms with E-state index in [-0.39, 0.29) is 12.3 Å². The second-order valence-electron chi connectivity index (χ2n) is 7.35. The van der Waals surface area contributed by atoms with E-state index in [1.807, 2.05) is 20.8 Å². The smallest absolute Gasteiger partial charge is 0.481 e. The Balaban J connectivity index is 2.26. The topological polar surface area (TPSA) is 45.2 Å². The van der Waals surface area contributed by atoms with E-state index in [2.05, 4.69) is 0 Å². The van der Waals surface area contributed by atoms with Crippen LogP contribution >= 0.6 is 0 Å². The van der Waals surface area contributed by atoms with Crippen LogP contribution < -0.4 is 0 Å². The van der Waals surface area contributed by atoms with Crippen molar-refractivity contribution in [2.75, 3.05) is 0 Å². The Bertz CT molecular complexity index is 878. The molecule has 134 valence electrons. The summed E-state index contributed by atoms with van der Waals surface area (Å²) in [6.45, 7) is 4.97. The van der Waals surface area contributed by atoms with Gasteiger partial charge in [-0.1, -0.05) is 6.92 Å². The van der Waals surface area contributed by atoms with Gasteiger partial charge in [0.1, 0.15) is 5.71 Å². The summed E-state index contributed by atoms with van der Waals surface area (Å²) >= 11 is 0. The number of aromatic nitrogens is 1. The van der Waals surface area contributed by atoms with Crippen LogP contribution in [0.3, 0.4) is 0 Å². The number of allylic oxidation sites excluding steroid dienone is 3. The maximum absolute atomic E-state index is 15.3. The van der Waals surface area contributed by atoms with E-state index in [4.69, 9.17) is 5.11 Å². The lowest BCUT2D eigenvalue weighted by atomic mass is 9.83. The quantitative estimate of drug-likeness (QED) is 0.837. The van der Waals surface area contributed by atoms with Crippen LogP contribution in [0.25, 0.3) is 5.57 Å². The molecular weight excluding hydrogens is 325 g/mol. The number of carbonyl (C=O) groups is 1. The molecule has 3 rings (SSSR count). The van der Waals surface area contributed by atoms with Crippen LogP contribution in [0.2, 0.25) is 0 Å². The number of carboxylic acid groups (broad SMARTS) is 1. The van der Waals surface area contributed by atoms with Crippen LogP contribution in [0.4, 0.5) is 8.63 Å². The van der Waals surface area contributed by atoms with Crippen molar-refractivity contribution >= 4 is 24.2 Å². The molecule has 0 saturated carbocycles. The zero-order chi connectivity index (χ0) is 18.7. The molecule has 0 spiro atoms. The van der Waals surface area contributed by atoms with E-state index < -0.39 is 12.9 Å². The second kappa shape index (κ2) is 5.68. The summed E-state index contributed by atoms with van der Waals surface area (Å²) in [7, 11) is 0. The highest BCUT2D eigenvalue weighted by molar-refractivity contribution is 6.58. The summed E-state index contributed by atoms with van der Waals surface area (Å²) in [4.78, 5) is 11.1. The Morgan fingerprint density at radius 2 is 1.96 bits per heavy atom. The fourth-order valence-corrected chi connectivity index (χ4v) is 4.34. The van der Waals surface area contributed by atoms with Crippen molar-refractivity contribution in [1.29, 1.82) is 0 Å². The lowest BCUT2D eigenvalue weighted by Gasteiger charge is -2.34. The normalized spacial score (nSPS) is 19.7. The summed E-state index contributed by atoms with van der Waals surface area (Å²) in [5, 5.41) is 9.07. The summed E-state index contributed by atoms with van der Waals surface area (Å²) in [5.74, 6) is -1.01. The van der Waals surface area contributed by atoms with Gasteiger partial charge in [-0.2, -0.15) is 0 Å². The third-order valence-corrected chi connectivity index (χ3v) is 5.11. The number of hydrogen-bond acceptors (Lipinski definition) is 1. The number of halogens is 2. The highest BCUT2D eigenvalue weighted by Crippen LogP contribution is 2.43. The second-order valence-corrected chi connectivity index (χ2v) is 7.35. The predicted molar refractivity (Wildman–Crippen MR) is 94.9 cm³/mol. The van der Waals surface area contributed by atoms with E-state index in [1.165, 1.54) is 0 Å². The molecule has 1 aromatic rings. The van der Waals surface area contributed by atoms with Crippen molar-refractivity contribution in [3.8, 4) is 0 Å². The molecule has 0 amide bonds. The van der Waals surface area contributed by atoms with Gasteiger partial charge >= 0.3 is 12.9 Å². The van der Waals surface area contributed by atoms with E-state index in [9.17, 15) is 4.79 Å². The number of rotatable bonds is 4. The van der Waals surface area contributed by atoms with Crippen LogP contribution in [-0.2, 0) is 4.79 Å². The van der Waals surface area contributed by atoms with Crippen LogP contribution in [-0.4, -0.2) is 32.7 Å². The van der Waals surface area contributed by atoms with Crippen molar-refractivity contribution < 1.29 is 23.0 Å². The summed E-state index contributed by atoms with van der Waals surface area (Å²) in [6, 6.07) is 1.78. The standard InChI is InChI=1S/C18H23BF2N2O2/c1-10(7-16(24)25)6-15-17-11(2)8-13(4)22(17)19(20,21)23-14(5)9-12(3)18(15)23/h8-10H,6-7H2,1-5H3,(H,24,25)/t10-/m1/s1. The van der Waals surface area contributed by atoms with E-state index >= 15 is 8.63 Å². The first-order valence-electron chi connectivity index (χ1n) is 8.53. The SMILES string of the molecule is CC1=CC(C)=[N+]2C1=C(C[C@@H](C)CC(=O)O)c1c(C)cc(C)n1[B-]2(F)F. The molecule has 3 heterocycles. The summed E-state index contributed by atoms with van der Waals surface area (Å²) in [5.41, 5.74) is 4.58. The molecule has 1 N–H and O–H groups in total. The average Bonchev–Trinajstić information content (AvgIpc) is 2.91. The largest absolute Gasteiger partial charge is 0.737 e. The molecule has 0 aliphatic carbocycles. The lowest BCUT2D eigenvalue weighted by molar-refractivity contribution is -0.363. The minimum absolute atomic E-state index is 0.0164. The molecule has 2 aliphatic rings. The third kappa shape index (κ3) is 2.57. The van der Waals surface area contributed by atoms with Gasteiger partial charge in [-0.25, -0.2) is 0 Å². The number of aryl methyl sites for hydroxylation is 2. The van der Waals surface area contributed by atoms with Gasteiger partial charge in [-0.3, -0.25) is 4.79 Å². The monoisotopic (exact) mass is 348 g/mol. The molecular formula is C18H23BF2N2O2. The molecule has 0 bridgehead atoms. The fourth-order valence-electron chi connectivity index (χ4n) is 4.34. The van der Waals surface area contributed by atoms with Gasteiger partial charge in [0.2, 0.25) is 0 Å². The molecule has 1 atom stereocenters. The maximum atomic E-state index is 15.3. The number of hydrogen-bond donors (Lipinski definition) is 1. The van der Waals surface area contributed by atoms with E-state index in [0.29, 0.717) is 29.2 Å². The van der Waals surface area contributed by atoms with Gasteiger partial charge in [-0.15, -0.1) is 0 Å². The minimum atomic E-state index is -3.96. The summed E-state index contributed by atoms with van der Waals surface area (Å²) < 4.78 is 33.0. The molecule has 4 nitrogen and oxygen atoms in total. The number of aliphatic carboxylic acids is 1. The first kappa shape index (κ1) is 17.6. The zero-order valence-electron chi connectivity index (χ0n) is 15.2. The molecule has 0 fully saturated rings. The van der Waals surface area contributed by atoms with Crippen molar-refractivity contribution in [3.05, 3.63) is 40.4 Å². The highest BCUT2D eigenvalue weighted by Gasteiger charge is 2.54. The molecule has 7 heteroatoms. The number of nitrogens with zero attached hydrogens (tertiary/aromatic N) is 2. The molecule has 0 aromatic carbocycles. The summed E-state index contributed by atoms with van der Waals surface area (Å²) in [6.07, 6.45) is 2.25. The molecule has 0 radical (unpaired) electrons. The average molecular weight is 348 g/mol. The van der Waals surface area contributed by atoms with Crippen molar-refractivity contribution in [2.45, 2.75) is 47.5 Å². The highest BCUT2D eigenvalue weighted by atomic mass is 19.2. The van der Waals surface area contributed by atoms with E-state index in [0.717, 1.165) is 25.7 Å². The van der Waals surface area contributed by atoms with Gasteiger partial charge in [0, 0.05) is 36.3 Å². The van der Waals surface area contributed by atoms with Crippen LogP contribution in [0.1, 0.15) is 50.6 Å². The molecule has 0 saturated heterocycles. The third-order valence-electron chi connectivity index (χ3n) is 5.11. The predicted octanol–water partition coefficient (Wildman–Crippen LogP) is 3.99. The van der Waals surface area contributed by atoms with Crippen molar-refractivity contribution in [2.24, 2.45) is 5.92 Å². The Labute approximate surface area is 146 Å². The fraction of sp³-hybridized carbons (Fsp3) is 0.444.